The van der Waals surface area contributed by atoms with Crippen molar-refractivity contribution < 1.29 is 27.5 Å². The van der Waals surface area contributed by atoms with Crippen LogP contribution in [0.5, 0.6) is 0 Å². The number of benzene rings is 1. The Morgan fingerprint density at radius 1 is 1.20 bits per heavy atom. The Morgan fingerprint density at radius 2 is 1.93 bits per heavy atom. The van der Waals surface area contributed by atoms with Crippen LogP contribution < -0.4 is 5.32 Å². The number of aromatic amines is 1. The number of aliphatic carboxylic acids is 1. The van der Waals surface area contributed by atoms with E-state index in [0.29, 0.717) is 18.7 Å². The first-order valence-electron chi connectivity index (χ1n) is 8.86. The van der Waals surface area contributed by atoms with Crippen LogP contribution in [0.2, 0.25) is 0 Å². The number of halogens is 4. The molecule has 3 heterocycles. The summed E-state index contributed by atoms with van der Waals surface area (Å²) < 4.78 is 47.9. The zero-order valence-corrected chi connectivity index (χ0v) is 15.8. The van der Waals surface area contributed by atoms with Crippen LogP contribution in [0, 0.1) is 12.7 Å². The maximum atomic E-state index is 14.1. The van der Waals surface area contributed by atoms with Gasteiger partial charge in [0.1, 0.15) is 11.5 Å². The molecule has 4 aromatic rings. The van der Waals surface area contributed by atoms with Crippen molar-refractivity contribution in [3.05, 3.63) is 71.6 Å². The smallest absolute Gasteiger partial charge is 0.475 e. The van der Waals surface area contributed by atoms with Crippen LogP contribution in [-0.4, -0.2) is 31.6 Å². The lowest BCUT2D eigenvalue weighted by Gasteiger charge is -2.08. The lowest BCUT2D eigenvalue weighted by atomic mass is 10.1. The van der Waals surface area contributed by atoms with Crippen LogP contribution >= 0.6 is 0 Å². The van der Waals surface area contributed by atoms with E-state index < -0.39 is 12.1 Å². The molecule has 0 spiro atoms. The first kappa shape index (κ1) is 21.3. The van der Waals surface area contributed by atoms with Gasteiger partial charge in [-0.2, -0.15) is 13.2 Å². The van der Waals surface area contributed by atoms with Crippen LogP contribution in [0.4, 0.5) is 17.6 Å². The molecule has 0 aliphatic heterocycles. The zero-order valence-electron chi connectivity index (χ0n) is 15.8. The average Bonchev–Trinajstić information content (AvgIpc) is 3.27. The first-order valence-corrected chi connectivity index (χ1v) is 8.86. The Hall–Kier alpha value is -3.40. The van der Waals surface area contributed by atoms with E-state index in [1.807, 2.05) is 43.6 Å². The van der Waals surface area contributed by atoms with E-state index in [4.69, 9.17) is 9.90 Å². The van der Waals surface area contributed by atoms with Crippen molar-refractivity contribution >= 4 is 22.5 Å². The number of H-pyrrole nitrogens is 1. The van der Waals surface area contributed by atoms with Gasteiger partial charge in [0.2, 0.25) is 0 Å². The van der Waals surface area contributed by atoms with E-state index in [9.17, 15) is 17.6 Å². The number of aryl methyl sites for hydroxylation is 1. The van der Waals surface area contributed by atoms with Gasteiger partial charge >= 0.3 is 12.1 Å². The number of hydrogen-bond acceptors (Lipinski definition) is 3. The van der Waals surface area contributed by atoms with Crippen LogP contribution in [0.3, 0.4) is 0 Å². The number of fused-ring (bicyclic) bond motifs is 2. The molecular weight excluding hydrogens is 404 g/mol. The van der Waals surface area contributed by atoms with Gasteiger partial charge in [-0.05, 0) is 37.3 Å². The Labute approximate surface area is 168 Å². The number of rotatable bonds is 4. The second-order valence-corrected chi connectivity index (χ2v) is 6.44. The summed E-state index contributed by atoms with van der Waals surface area (Å²) >= 11 is 0. The lowest BCUT2D eigenvalue weighted by molar-refractivity contribution is -0.192. The third kappa shape index (κ3) is 4.60. The molecule has 6 nitrogen and oxygen atoms in total. The number of pyridine rings is 1. The average molecular weight is 422 g/mol. The molecule has 0 saturated carbocycles. The highest BCUT2D eigenvalue weighted by Gasteiger charge is 2.38. The molecular formula is C20H18F4N4O2. The number of nitrogens with zero attached hydrogens (tertiary/aromatic N) is 2. The third-order valence-electron chi connectivity index (χ3n) is 4.45. The van der Waals surface area contributed by atoms with Crippen molar-refractivity contribution in [3.63, 3.8) is 0 Å². The van der Waals surface area contributed by atoms with Crippen molar-refractivity contribution in [1.29, 1.82) is 0 Å². The largest absolute Gasteiger partial charge is 0.490 e. The summed E-state index contributed by atoms with van der Waals surface area (Å²) in [7, 11) is 0. The first-order chi connectivity index (χ1) is 14.2. The Morgan fingerprint density at radius 3 is 2.63 bits per heavy atom. The van der Waals surface area contributed by atoms with Gasteiger partial charge in [-0.25, -0.2) is 14.2 Å². The minimum atomic E-state index is -5.08. The molecule has 0 aliphatic rings. The minimum absolute atomic E-state index is 0.181. The molecule has 0 unspecified atom stereocenters. The van der Waals surface area contributed by atoms with Gasteiger partial charge in [0.15, 0.2) is 0 Å². The molecule has 4 rings (SSSR count). The van der Waals surface area contributed by atoms with Gasteiger partial charge in [-0.15, -0.1) is 0 Å². The summed E-state index contributed by atoms with van der Waals surface area (Å²) in [5.74, 6) is -2.94. The maximum absolute atomic E-state index is 14.1. The summed E-state index contributed by atoms with van der Waals surface area (Å²) in [6, 6.07) is 11.1. The van der Waals surface area contributed by atoms with Crippen LogP contribution in [0.15, 0.2) is 48.8 Å². The van der Waals surface area contributed by atoms with Gasteiger partial charge in [-0.1, -0.05) is 6.07 Å². The van der Waals surface area contributed by atoms with Crippen molar-refractivity contribution in [2.24, 2.45) is 0 Å². The van der Waals surface area contributed by atoms with Gasteiger partial charge < -0.3 is 19.8 Å². The molecule has 10 heteroatoms. The fourth-order valence-electron chi connectivity index (χ4n) is 3.03. The molecule has 0 atom stereocenters. The topological polar surface area (TPSA) is 82.4 Å². The molecule has 0 saturated heterocycles. The second kappa shape index (κ2) is 8.54. The number of carboxylic acids is 1. The van der Waals surface area contributed by atoms with Crippen LogP contribution in [0.25, 0.3) is 16.6 Å². The standard InChI is InChI=1S/C18H17FN4.C2HF3O2/c1-12-17(23-9-3-2-4-18(23)22-12)11-20-10-14-13-7-8-21-16(13)6-5-15(14)19;3-2(4,5)1(6)7/h2-9,20-21H,10-11H2,1H3;(H,6,7). The van der Waals surface area contributed by atoms with E-state index in [1.165, 1.54) is 6.07 Å². The van der Waals surface area contributed by atoms with Gasteiger partial charge in [0.05, 0.1) is 11.4 Å². The molecule has 3 N–H and O–H groups in total. The molecule has 1 aromatic carbocycles. The van der Waals surface area contributed by atoms with Crippen molar-refractivity contribution in [3.8, 4) is 0 Å². The normalized spacial score (nSPS) is 11.5. The van der Waals surface area contributed by atoms with E-state index in [0.717, 1.165) is 27.9 Å². The Balaban J connectivity index is 0.000000318. The second-order valence-electron chi connectivity index (χ2n) is 6.44. The highest BCUT2D eigenvalue weighted by Crippen LogP contribution is 2.21. The maximum Gasteiger partial charge on any atom is 0.490 e. The highest BCUT2D eigenvalue weighted by molar-refractivity contribution is 5.83. The van der Waals surface area contributed by atoms with Crippen molar-refractivity contribution in [1.82, 2.24) is 19.7 Å². The molecule has 0 bridgehead atoms. The SMILES string of the molecule is Cc1nc2ccccn2c1CNCc1c(F)ccc2[nH]ccc12.O=C(O)C(F)(F)F. The number of imidazole rings is 1. The van der Waals surface area contributed by atoms with E-state index in [2.05, 4.69) is 19.7 Å². The molecule has 0 radical (unpaired) electrons. The monoisotopic (exact) mass is 422 g/mol. The highest BCUT2D eigenvalue weighted by atomic mass is 19.4. The summed E-state index contributed by atoms with van der Waals surface area (Å²) in [6.45, 7) is 3.11. The van der Waals surface area contributed by atoms with Gasteiger partial charge in [0.25, 0.3) is 0 Å². The number of alkyl halides is 3. The van der Waals surface area contributed by atoms with Crippen LogP contribution in [0.1, 0.15) is 17.0 Å². The Bertz CT molecular complexity index is 1180. The minimum Gasteiger partial charge on any atom is -0.475 e. The van der Waals surface area contributed by atoms with Crippen molar-refractivity contribution in [2.45, 2.75) is 26.2 Å². The summed E-state index contributed by atoms with van der Waals surface area (Å²) in [5.41, 5.74) is 4.66. The number of hydrogen-bond donors (Lipinski definition) is 3. The predicted molar refractivity (Wildman–Crippen MR) is 102 cm³/mol. The Kier molecular flexibility index (Phi) is 6.06. The van der Waals surface area contributed by atoms with Crippen molar-refractivity contribution in [2.75, 3.05) is 0 Å². The quantitative estimate of drug-likeness (QED) is 0.431. The lowest BCUT2D eigenvalue weighted by Crippen LogP contribution is -2.21. The van der Waals surface area contributed by atoms with Gasteiger partial charge in [-0.3, -0.25) is 0 Å². The summed E-state index contributed by atoms with van der Waals surface area (Å²) in [6.07, 6.45) is -1.25. The molecule has 3 aromatic heterocycles. The predicted octanol–water partition coefficient (Wildman–Crippen LogP) is 4.19. The molecule has 0 aliphatic carbocycles. The molecule has 0 amide bonds. The number of carbonyl (C=O) groups is 1. The fourth-order valence-corrected chi connectivity index (χ4v) is 3.03. The number of carboxylic acid groups (broad SMARTS) is 1. The fraction of sp³-hybridized carbons (Fsp3) is 0.200. The third-order valence-corrected chi connectivity index (χ3v) is 4.45. The zero-order chi connectivity index (χ0) is 21.9. The number of nitrogens with one attached hydrogen (secondary N) is 2. The van der Waals surface area contributed by atoms with Gasteiger partial charge in [0, 0.05) is 41.9 Å². The number of aromatic nitrogens is 3. The molecule has 30 heavy (non-hydrogen) atoms. The summed E-state index contributed by atoms with van der Waals surface area (Å²) in [4.78, 5) is 16.6. The van der Waals surface area contributed by atoms with E-state index >= 15 is 0 Å². The van der Waals surface area contributed by atoms with Crippen LogP contribution in [-0.2, 0) is 17.9 Å². The van der Waals surface area contributed by atoms with E-state index in [1.54, 1.807) is 6.07 Å². The summed E-state index contributed by atoms with van der Waals surface area (Å²) in [5, 5.41) is 11.4. The molecule has 158 valence electrons. The molecule has 0 fully saturated rings. The van der Waals surface area contributed by atoms with E-state index in [-0.39, 0.29) is 5.82 Å².